The number of anilines is 1. The molecule has 1 fully saturated rings. The van der Waals surface area contributed by atoms with Gasteiger partial charge in [0.2, 0.25) is 0 Å². The van der Waals surface area contributed by atoms with Gasteiger partial charge in [-0.25, -0.2) is 0 Å². The highest BCUT2D eigenvalue weighted by atomic mass is 16.3. The molecule has 1 saturated heterocycles. The number of hydrogen-bond donors (Lipinski definition) is 2. The van der Waals surface area contributed by atoms with Gasteiger partial charge < -0.3 is 15.3 Å². The number of piperazine rings is 1. The molecule has 0 spiro atoms. The Hall–Kier alpha value is -1.06. The van der Waals surface area contributed by atoms with Gasteiger partial charge in [0, 0.05) is 30.4 Å². The summed E-state index contributed by atoms with van der Waals surface area (Å²) in [4.78, 5) is 2.33. The molecule has 2 rings (SSSR count). The lowest BCUT2D eigenvalue weighted by atomic mass is 9.98. The number of aliphatic hydroxyl groups excluding tert-OH is 1. The minimum absolute atomic E-state index is 0.0431. The van der Waals surface area contributed by atoms with Crippen molar-refractivity contribution >= 4 is 5.69 Å². The third kappa shape index (κ3) is 2.54. The van der Waals surface area contributed by atoms with Gasteiger partial charge in [0.05, 0.1) is 6.61 Å². The maximum absolute atomic E-state index is 9.30. The molecule has 16 heavy (non-hydrogen) atoms. The van der Waals surface area contributed by atoms with Gasteiger partial charge >= 0.3 is 0 Å². The van der Waals surface area contributed by atoms with E-state index in [0.717, 1.165) is 13.1 Å². The zero-order chi connectivity index (χ0) is 11.6. The standard InChI is InChI=1S/C13H20N2O/c1-13(2)10-15(8-11(9-16)14-13)12-6-4-3-5-7-12/h3-7,11,14,16H,8-10H2,1-2H3. The van der Waals surface area contributed by atoms with Crippen LogP contribution in [0.3, 0.4) is 0 Å². The Bertz CT molecular complexity index is 337. The molecule has 0 aromatic heterocycles. The third-order valence-electron chi connectivity index (χ3n) is 2.96. The Kier molecular flexibility index (Phi) is 3.17. The van der Waals surface area contributed by atoms with E-state index in [0.29, 0.717) is 0 Å². The van der Waals surface area contributed by atoms with E-state index in [9.17, 15) is 5.11 Å². The minimum Gasteiger partial charge on any atom is -0.395 e. The van der Waals surface area contributed by atoms with Crippen LogP contribution >= 0.6 is 0 Å². The summed E-state index contributed by atoms with van der Waals surface area (Å²) in [6.45, 7) is 6.36. The van der Waals surface area contributed by atoms with E-state index in [1.165, 1.54) is 5.69 Å². The number of nitrogens with one attached hydrogen (secondary N) is 1. The SMILES string of the molecule is CC1(C)CN(c2ccccc2)CC(CO)N1. The van der Waals surface area contributed by atoms with E-state index in [1.807, 2.05) is 6.07 Å². The second kappa shape index (κ2) is 4.44. The lowest BCUT2D eigenvalue weighted by molar-refractivity contribution is 0.191. The molecule has 2 N–H and O–H groups in total. The molecule has 1 aromatic carbocycles. The lowest BCUT2D eigenvalue weighted by Gasteiger charge is -2.44. The Morgan fingerprint density at radius 1 is 1.38 bits per heavy atom. The van der Waals surface area contributed by atoms with Gasteiger partial charge in [-0.3, -0.25) is 0 Å². The first-order valence-electron chi connectivity index (χ1n) is 5.79. The van der Waals surface area contributed by atoms with Gasteiger partial charge in [0.25, 0.3) is 0 Å². The summed E-state index contributed by atoms with van der Waals surface area (Å²) >= 11 is 0. The topological polar surface area (TPSA) is 35.5 Å². The molecule has 1 heterocycles. The van der Waals surface area contributed by atoms with Crippen LogP contribution in [-0.4, -0.2) is 36.4 Å². The fourth-order valence-corrected chi connectivity index (χ4v) is 2.39. The molecule has 88 valence electrons. The van der Waals surface area contributed by atoms with Crippen LogP contribution in [0, 0.1) is 0 Å². The summed E-state index contributed by atoms with van der Waals surface area (Å²) in [7, 11) is 0. The van der Waals surface area contributed by atoms with Crippen molar-refractivity contribution in [2.45, 2.75) is 25.4 Å². The predicted molar refractivity (Wildman–Crippen MR) is 66.7 cm³/mol. The van der Waals surface area contributed by atoms with Crippen molar-refractivity contribution < 1.29 is 5.11 Å². The van der Waals surface area contributed by atoms with Gasteiger partial charge in [-0.2, -0.15) is 0 Å². The maximum Gasteiger partial charge on any atom is 0.0602 e. The van der Waals surface area contributed by atoms with Crippen LogP contribution in [0.4, 0.5) is 5.69 Å². The molecule has 1 aromatic rings. The van der Waals surface area contributed by atoms with Crippen molar-refractivity contribution in [1.29, 1.82) is 0 Å². The number of hydrogen-bond acceptors (Lipinski definition) is 3. The number of rotatable bonds is 2. The molecule has 0 aliphatic carbocycles. The highest BCUT2D eigenvalue weighted by Crippen LogP contribution is 2.21. The number of aliphatic hydroxyl groups is 1. The highest BCUT2D eigenvalue weighted by Gasteiger charge is 2.31. The van der Waals surface area contributed by atoms with Crippen LogP contribution in [0.2, 0.25) is 0 Å². The van der Waals surface area contributed by atoms with Gasteiger partial charge in [-0.1, -0.05) is 18.2 Å². The van der Waals surface area contributed by atoms with E-state index >= 15 is 0 Å². The summed E-state index contributed by atoms with van der Waals surface area (Å²) < 4.78 is 0. The first-order chi connectivity index (χ1) is 7.61. The number of para-hydroxylation sites is 1. The van der Waals surface area contributed by atoms with Crippen LogP contribution in [-0.2, 0) is 0 Å². The van der Waals surface area contributed by atoms with Crippen molar-refractivity contribution in [2.75, 3.05) is 24.6 Å². The summed E-state index contributed by atoms with van der Waals surface area (Å²) in [5, 5.41) is 12.7. The first-order valence-corrected chi connectivity index (χ1v) is 5.79. The van der Waals surface area contributed by atoms with E-state index in [1.54, 1.807) is 0 Å². The van der Waals surface area contributed by atoms with Gasteiger partial charge in [-0.05, 0) is 26.0 Å². The number of nitrogens with zero attached hydrogens (tertiary/aromatic N) is 1. The molecule has 1 unspecified atom stereocenters. The second-order valence-electron chi connectivity index (χ2n) is 5.12. The molecule has 0 saturated carbocycles. The normalized spacial score (nSPS) is 24.4. The van der Waals surface area contributed by atoms with E-state index in [-0.39, 0.29) is 18.2 Å². The highest BCUT2D eigenvalue weighted by molar-refractivity contribution is 5.47. The summed E-state index contributed by atoms with van der Waals surface area (Å²) in [6.07, 6.45) is 0. The molecular weight excluding hydrogens is 200 g/mol. The van der Waals surface area contributed by atoms with Crippen molar-refractivity contribution in [3.05, 3.63) is 30.3 Å². The predicted octanol–water partition coefficient (Wildman–Crippen LogP) is 1.24. The molecule has 0 amide bonds. The van der Waals surface area contributed by atoms with Crippen molar-refractivity contribution in [1.82, 2.24) is 5.32 Å². The zero-order valence-corrected chi connectivity index (χ0v) is 9.98. The maximum atomic E-state index is 9.30. The number of benzene rings is 1. The van der Waals surface area contributed by atoms with E-state index in [4.69, 9.17) is 0 Å². The molecular formula is C13H20N2O. The van der Waals surface area contributed by atoms with Crippen molar-refractivity contribution in [2.24, 2.45) is 0 Å². The largest absolute Gasteiger partial charge is 0.395 e. The van der Waals surface area contributed by atoms with Crippen molar-refractivity contribution in [3.8, 4) is 0 Å². The van der Waals surface area contributed by atoms with E-state index < -0.39 is 0 Å². The monoisotopic (exact) mass is 220 g/mol. The van der Waals surface area contributed by atoms with Crippen LogP contribution < -0.4 is 10.2 Å². The van der Waals surface area contributed by atoms with Gasteiger partial charge in [0.1, 0.15) is 0 Å². The van der Waals surface area contributed by atoms with Gasteiger partial charge in [0.15, 0.2) is 0 Å². The van der Waals surface area contributed by atoms with Crippen LogP contribution in [0.1, 0.15) is 13.8 Å². The van der Waals surface area contributed by atoms with Crippen molar-refractivity contribution in [3.63, 3.8) is 0 Å². The summed E-state index contributed by atoms with van der Waals surface area (Å²) in [6, 6.07) is 10.5. The molecule has 1 atom stereocenters. The van der Waals surface area contributed by atoms with Crippen LogP contribution in [0.5, 0.6) is 0 Å². The fourth-order valence-electron chi connectivity index (χ4n) is 2.39. The average molecular weight is 220 g/mol. The Morgan fingerprint density at radius 3 is 2.69 bits per heavy atom. The summed E-state index contributed by atoms with van der Waals surface area (Å²) in [5.74, 6) is 0. The van der Waals surface area contributed by atoms with Crippen LogP contribution in [0.15, 0.2) is 30.3 Å². The second-order valence-corrected chi connectivity index (χ2v) is 5.12. The Balaban J connectivity index is 2.16. The zero-order valence-electron chi connectivity index (χ0n) is 9.98. The molecule has 0 bridgehead atoms. The smallest absolute Gasteiger partial charge is 0.0602 e. The minimum atomic E-state index is 0.0431. The third-order valence-corrected chi connectivity index (χ3v) is 2.96. The lowest BCUT2D eigenvalue weighted by Crippen LogP contribution is -2.63. The Morgan fingerprint density at radius 2 is 2.06 bits per heavy atom. The fraction of sp³-hybridized carbons (Fsp3) is 0.538. The van der Waals surface area contributed by atoms with Crippen LogP contribution in [0.25, 0.3) is 0 Å². The quantitative estimate of drug-likeness (QED) is 0.787. The molecule has 0 radical (unpaired) electrons. The van der Waals surface area contributed by atoms with E-state index in [2.05, 4.69) is 48.3 Å². The molecule has 3 nitrogen and oxygen atoms in total. The molecule has 3 heteroatoms. The molecule has 1 aliphatic rings. The summed E-state index contributed by atoms with van der Waals surface area (Å²) in [5.41, 5.74) is 1.28. The average Bonchev–Trinajstić information content (AvgIpc) is 2.28. The molecule has 1 aliphatic heterocycles. The Labute approximate surface area is 97.1 Å². The van der Waals surface area contributed by atoms with Gasteiger partial charge in [-0.15, -0.1) is 0 Å². The first kappa shape index (κ1) is 11.4.